The Balaban J connectivity index is 2.69. The minimum absolute atomic E-state index is 0.138. The summed E-state index contributed by atoms with van der Waals surface area (Å²) >= 11 is 0. The van der Waals surface area contributed by atoms with Crippen LogP contribution in [0.25, 0.3) is 0 Å². The number of nitrogens with zero attached hydrogens (tertiary/aromatic N) is 1. The molecule has 5 heteroatoms. The van der Waals surface area contributed by atoms with E-state index in [9.17, 15) is 13.2 Å². The topological polar surface area (TPSA) is 17.0 Å². The van der Waals surface area contributed by atoms with Crippen molar-refractivity contribution in [1.82, 2.24) is 9.88 Å². The van der Waals surface area contributed by atoms with E-state index in [4.69, 9.17) is 0 Å². The van der Waals surface area contributed by atoms with Crippen LogP contribution in [0.3, 0.4) is 0 Å². The zero-order valence-corrected chi connectivity index (χ0v) is 9.51. The van der Waals surface area contributed by atoms with Crippen LogP contribution in [0, 0.1) is 0 Å². The third kappa shape index (κ3) is 3.89. The first-order chi connectivity index (χ1) is 7.46. The summed E-state index contributed by atoms with van der Waals surface area (Å²) in [5.74, 6) is 0. The number of hydrogen-bond donors (Lipinski definition) is 1. The highest BCUT2D eigenvalue weighted by molar-refractivity contribution is 5.15. The molecule has 1 aromatic rings. The van der Waals surface area contributed by atoms with Crippen LogP contribution < -0.4 is 5.32 Å². The molecule has 0 aliphatic rings. The van der Waals surface area contributed by atoms with Gasteiger partial charge in [0, 0.05) is 18.4 Å². The zero-order valence-electron chi connectivity index (χ0n) is 9.51. The van der Waals surface area contributed by atoms with E-state index in [1.165, 1.54) is 10.8 Å². The lowest BCUT2D eigenvalue weighted by Crippen LogP contribution is -2.17. The predicted molar refractivity (Wildman–Crippen MR) is 57.2 cm³/mol. The molecule has 1 unspecified atom stereocenters. The van der Waals surface area contributed by atoms with Crippen LogP contribution in [0.4, 0.5) is 13.2 Å². The summed E-state index contributed by atoms with van der Waals surface area (Å²) in [7, 11) is 1.82. The van der Waals surface area contributed by atoms with Gasteiger partial charge in [-0.05, 0) is 25.1 Å². The van der Waals surface area contributed by atoms with Gasteiger partial charge in [-0.1, -0.05) is 13.3 Å². The summed E-state index contributed by atoms with van der Waals surface area (Å²) in [6.45, 7) is 1.13. The van der Waals surface area contributed by atoms with E-state index in [1.807, 2.05) is 7.05 Å². The van der Waals surface area contributed by atoms with E-state index in [1.54, 1.807) is 12.3 Å². The van der Waals surface area contributed by atoms with Crippen molar-refractivity contribution >= 4 is 0 Å². The molecule has 0 amide bonds. The number of rotatable bonds is 5. The van der Waals surface area contributed by atoms with Gasteiger partial charge in [0.25, 0.3) is 0 Å². The molecule has 0 fully saturated rings. The molecule has 92 valence electrons. The first-order valence-electron chi connectivity index (χ1n) is 5.36. The van der Waals surface area contributed by atoms with Crippen molar-refractivity contribution < 1.29 is 13.2 Å². The maximum atomic E-state index is 12.1. The third-order valence-electron chi connectivity index (χ3n) is 2.46. The summed E-state index contributed by atoms with van der Waals surface area (Å²) in [6.07, 6.45) is 0.797. The molecule has 0 aliphatic carbocycles. The Morgan fingerprint density at radius 2 is 2.12 bits per heavy atom. The number of aromatic nitrogens is 1. The normalized spacial score (nSPS) is 14.1. The molecule has 0 aromatic carbocycles. The van der Waals surface area contributed by atoms with Gasteiger partial charge in [-0.15, -0.1) is 0 Å². The highest BCUT2D eigenvalue weighted by Gasteiger charge is 2.27. The summed E-state index contributed by atoms with van der Waals surface area (Å²) in [4.78, 5) is 0. The van der Waals surface area contributed by atoms with Crippen molar-refractivity contribution in [3.05, 3.63) is 24.0 Å². The van der Waals surface area contributed by atoms with Crippen LogP contribution in [-0.4, -0.2) is 17.8 Å². The molecule has 1 N–H and O–H groups in total. The molecule has 0 spiro atoms. The quantitative estimate of drug-likeness (QED) is 0.828. The monoisotopic (exact) mass is 234 g/mol. The van der Waals surface area contributed by atoms with Crippen molar-refractivity contribution in [2.75, 3.05) is 7.05 Å². The molecule has 0 radical (unpaired) electrons. The van der Waals surface area contributed by atoms with Gasteiger partial charge in [-0.3, -0.25) is 0 Å². The van der Waals surface area contributed by atoms with E-state index in [-0.39, 0.29) is 6.04 Å². The Morgan fingerprint density at radius 1 is 1.44 bits per heavy atom. The molecular weight excluding hydrogens is 217 g/mol. The highest BCUT2D eigenvalue weighted by atomic mass is 19.4. The molecular formula is C11H17F3N2. The molecule has 0 bridgehead atoms. The predicted octanol–water partition coefficient (Wildman–Crippen LogP) is 3.11. The second-order valence-electron chi connectivity index (χ2n) is 3.86. The van der Waals surface area contributed by atoms with Crippen molar-refractivity contribution in [3.8, 4) is 0 Å². The van der Waals surface area contributed by atoms with Gasteiger partial charge in [-0.25, -0.2) is 0 Å². The first-order valence-corrected chi connectivity index (χ1v) is 5.36. The average Bonchev–Trinajstić information content (AvgIpc) is 2.59. The third-order valence-corrected chi connectivity index (χ3v) is 2.46. The summed E-state index contributed by atoms with van der Waals surface area (Å²) in [5.41, 5.74) is 0.911. The second-order valence-corrected chi connectivity index (χ2v) is 3.86. The van der Waals surface area contributed by atoms with Crippen molar-refractivity contribution in [2.24, 2.45) is 0 Å². The van der Waals surface area contributed by atoms with E-state index in [0.29, 0.717) is 0 Å². The summed E-state index contributed by atoms with van der Waals surface area (Å²) in [5, 5.41) is 3.10. The minimum atomic E-state index is -4.16. The van der Waals surface area contributed by atoms with E-state index >= 15 is 0 Å². The van der Waals surface area contributed by atoms with E-state index in [2.05, 4.69) is 12.2 Å². The SMILES string of the molecule is CCCC(NC)c1ccn(CC(F)(F)F)c1. The van der Waals surface area contributed by atoms with Crippen LogP contribution in [-0.2, 0) is 6.54 Å². The van der Waals surface area contributed by atoms with Gasteiger partial charge in [0.15, 0.2) is 0 Å². The Labute approximate surface area is 93.5 Å². The minimum Gasteiger partial charge on any atom is -0.345 e. The first kappa shape index (κ1) is 13.1. The largest absolute Gasteiger partial charge is 0.406 e. The fourth-order valence-electron chi connectivity index (χ4n) is 1.74. The number of halogens is 3. The smallest absolute Gasteiger partial charge is 0.345 e. The Morgan fingerprint density at radius 3 is 2.62 bits per heavy atom. The second kappa shape index (κ2) is 5.39. The summed E-state index contributed by atoms with van der Waals surface area (Å²) in [6, 6.07) is 1.88. The zero-order chi connectivity index (χ0) is 12.2. The van der Waals surface area contributed by atoms with Gasteiger partial charge in [0.1, 0.15) is 6.54 Å². The van der Waals surface area contributed by atoms with Gasteiger partial charge >= 0.3 is 6.18 Å². The van der Waals surface area contributed by atoms with E-state index < -0.39 is 12.7 Å². The molecule has 1 heterocycles. The van der Waals surface area contributed by atoms with Crippen LogP contribution in [0.15, 0.2) is 18.5 Å². The number of hydrogen-bond acceptors (Lipinski definition) is 1. The molecule has 16 heavy (non-hydrogen) atoms. The van der Waals surface area contributed by atoms with Crippen LogP contribution >= 0.6 is 0 Å². The van der Waals surface area contributed by atoms with Gasteiger partial charge in [-0.2, -0.15) is 13.2 Å². The maximum Gasteiger partial charge on any atom is 0.406 e. The lowest BCUT2D eigenvalue weighted by molar-refractivity contribution is -0.140. The molecule has 1 atom stereocenters. The molecule has 0 saturated carbocycles. The molecule has 1 rings (SSSR count). The van der Waals surface area contributed by atoms with Crippen LogP contribution in [0.2, 0.25) is 0 Å². The molecule has 0 saturated heterocycles. The lowest BCUT2D eigenvalue weighted by atomic mass is 10.1. The van der Waals surface area contributed by atoms with Crippen molar-refractivity contribution in [2.45, 2.75) is 38.5 Å². The Kier molecular flexibility index (Phi) is 4.41. The lowest BCUT2D eigenvalue weighted by Gasteiger charge is -2.13. The maximum absolute atomic E-state index is 12.1. The number of nitrogens with one attached hydrogen (secondary N) is 1. The molecule has 0 aliphatic heterocycles. The Bertz CT molecular complexity index is 317. The standard InChI is InChI=1S/C11H17F3N2/c1-3-4-10(15-2)9-5-6-16(7-9)8-11(12,13)14/h5-7,10,15H,3-4,8H2,1-2H3. The fourth-order valence-corrected chi connectivity index (χ4v) is 1.74. The summed E-state index contributed by atoms with van der Waals surface area (Å²) < 4.78 is 37.6. The van der Waals surface area contributed by atoms with Crippen molar-refractivity contribution in [3.63, 3.8) is 0 Å². The van der Waals surface area contributed by atoms with Gasteiger partial charge in [0.05, 0.1) is 0 Å². The van der Waals surface area contributed by atoms with Crippen molar-refractivity contribution in [1.29, 1.82) is 0 Å². The van der Waals surface area contributed by atoms with Crippen LogP contribution in [0.5, 0.6) is 0 Å². The van der Waals surface area contributed by atoms with Gasteiger partial charge < -0.3 is 9.88 Å². The average molecular weight is 234 g/mol. The van der Waals surface area contributed by atoms with Gasteiger partial charge in [0.2, 0.25) is 0 Å². The highest BCUT2D eigenvalue weighted by Crippen LogP contribution is 2.22. The fraction of sp³-hybridized carbons (Fsp3) is 0.636. The number of alkyl halides is 3. The Hall–Kier alpha value is -0.970. The van der Waals surface area contributed by atoms with E-state index in [0.717, 1.165) is 18.4 Å². The van der Waals surface area contributed by atoms with Crippen LogP contribution in [0.1, 0.15) is 31.4 Å². The molecule has 2 nitrogen and oxygen atoms in total. The molecule has 1 aromatic heterocycles.